The molecule has 0 aliphatic carbocycles. The van der Waals surface area contributed by atoms with Crippen molar-refractivity contribution in [2.75, 3.05) is 20.1 Å². The fourth-order valence-corrected chi connectivity index (χ4v) is 3.46. The van der Waals surface area contributed by atoms with Gasteiger partial charge in [-0.2, -0.15) is 0 Å². The van der Waals surface area contributed by atoms with E-state index in [0.717, 1.165) is 31.2 Å². The molecule has 1 N–H and O–H groups in total. The molecule has 27 heavy (non-hydrogen) atoms. The molecule has 2 aromatic heterocycles. The Kier molecular flexibility index (Phi) is 8.80. The van der Waals surface area contributed by atoms with E-state index in [9.17, 15) is 0 Å². The van der Waals surface area contributed by atoms with Crippen LogP contribution in [0.15, 0.2) is 65.5 Å². The van der Waals surface area contributed by atoms with Crippen LogP contribution in [0.25, 0.3) is 5.69 Å². The van der Waals surface area contributed by atoms with Gasteiger partial charge in [-0.3, -0.25) is 0 Å². The minimum absolute atomic E-state index is 0. The maximum absolute atomic E-state index is 4.86. The van der Waals surface area contributed by atoms with E-state index in [2.05, 4.69) is 64.9 Å². The fourth-order valence-electron chi connectivity index (χ4n) is 2.77. The molecule has 0 aliphatic heterocycles. The molecule has 0 atom stereocenters. The molecule has 0 spiro atoms. The SMILES string of the molecule is CCNC(=NCc1ccccc1-n1ccnc1)N(C)CCc1cccs1.I. The van der Waals surface area contributed by atoms with E-state index in [1.54, 1.807) is 17.5 Å². The molecule has 0 bridgehead atoms. The highest BCUT2D eigenvalue weighted by Crippen LogP contribution is 2.15. The van der Waals surface area contributed by atoms with Crippen molar-refractivity contribution >= 4 is 41.3 Å². The van der Waals surface area contributed by atoms with Crippen molar-refractivity contribution in [3.63, 3.8) is 0 Å². The molecule has 0 amide bonds. The molecule has 2 heterocycles. The third kappa shape index (κ3) is 6.07. The number of guanidine groups is 1. The molecule has 3 rings (SSSR count). The van der Waals surface area contributed by atoms with E-state index in [4.69, 9.17) is 4.99 Å². The number of rotatable bonds is 7. The molecular formula is C20H26IN5S. The number of halogens is 1. The summed E-state index contributed by atoms with van der Waals surface area (Å²) in [6.07, 6.45) is 6.61. The quantitative estimate of drug-likeness (QED) is 0.304. The number of nitrogens with zero attached hydrogens (tertiary/aromatic N) is 4. The van der Waals surface area contributed by atoms with Crippen molar-refractivity contribution in [1.82, 2.24) is 19.8 Å². The maximum atomic E-state index is 4.86. The first kappa shape index (κ1) is 21.4. The Morgan fingerprint density at radius 2 is 2.11 bits per heavy atom. The Labute approximate surface area is 182 Å². The summed E-state index contributed by atoms with van der Waals surface area (Å²) < 4.78 is 2.03. The zero-order valence-corrected chi connectivity index (χ0v) is 18.9. The van der Waals surface area contributed by atoms with Gasteiger partial charge in [0, 0.05) is 37.4 Å². The van der Waals surface area contributed by atoms with Crippen LogP contribution >= 0.6 is 35.3 Å². The first-order valence-electron chi connectivity index (χ1n) is 8.86. The van der Waals surface area contributed by atoms with Crippen LogP contribution in [0.3, 0.4) is 0 Å². The second-order valence-electron chi connectivity index (χ2n) is 6.02. The number of hydrogen-bond acceptors (Lipinski definition) is 3. The van der Waals surface area contributed by atoms with Crippen LogP contribution in [0.2, 0.25) is 0 Å². The van der Waals surface area contributed by atoms with Gasteiger partial charge < -0.3 is 14.8 Å². The number of likely N-dealkylation sites (N-methyl/N-ethyl adjacent to an activating group) is 1. The van der Waals surface area contributed by atoms with Crippen LogP contribution in [0, 0.1) is 0 Å². The Hall–Kier alpha value is -1.87. The van der Waals surface area contributed by atoms with Crippen LogP contribution in [-0.2, 0) is 13.0 Å². The summed E-state index contributed by atoms with van der Waals surface area (Å²) in [6, 6.07) is 12.6. The number of para-hydroxylation sites is 1. The molecular weight excluding hydrogens is 469 g/mol. The van der Waals surface area contributed by atoms with Gasteiger partial charge >= 0.3 is 0 Å². The van der Waals surface area contributed by atoms with Crippen molar-refractivity contribution < 1.29 is 0 Å². The van der Waals surface area contributed by atoms with E-state index >= 15 is 0 Å². The predicted molar refractivity (Wildman–Crippen MR) is 124 cm³/mol. The second-order valence-corrected chi connectivity index (χ2v) is 7.05. The summed E-state index contributed by atoms with van der Waals surface area (Å²) in [7, 11) is 2.09. The monoisotopic (exact) mass is 495 g/mol. The second kappa shape index (κ2) is 11.1. The topological polar surface area (TPSA) is 45.5 Å². The van der Waals surface area contributed by atoms with Gasteiger partial charge in [0.1, 0.15) is 0 Å². The summed E-state index contributed by atoms with van der Waals surface area (Å²) in [5, 5.41) is 5.52. The van der Waals surface area contributed by atoms with E-state index in [0.29, 0.717) is 6.54 Å². The molecule has 0 radical (unpaired) electrons. The van der Waals surface area contributed by atoms with Crippen LogP contribution in [0.4, 0.5) is 0 Å². The first-order chi connectivity index (χ1) is 12.8. The van der Waals surface area contributed by atoms with Crippen molar-refractivity contribution in [2.24, 2.45) is 4.99 Å². The van der Waals surface area contributed by atoms with E-state index < -0.39 is 0 Å². The lowest BCUT2D eigenvalue weighted by Gasteiger charge is -2.22. The number of nitrogens with one attached hydrogen (secondary N) is 1. The molecule has 3 aromatic rings. The van der Waals surface area contributed by atoms with Crippen LogP contribution in [0.5, 0.6) is 0 Å². The number of aliphatic imine (C=N–C) groups is 1. The largest absolute Gasteiger partial charge is 0.357 e. The number of aromatic nitrogens is 2. The Balaban J connectivity index is 0.00000261. The third-order valence-corrected chi connectivity index (χ3v) is 5.08. The molecule has 0 saturated heterocycles. The highest BCUT2D eigenvalue weighted by molar-refractivity contribution is 14.0. The highest BCUT2D eigenvalue weighted by atomic mass is 127. The molecule has 0 aliphatic rings. The molecule has 0 unspecified atom stereocenters. The zero-order chi connectivity index (χ0) is 18.2. The number of imidazole rings is 1. The molecule has 0 fully saturated rings. The highest BCUT2D eigenvalue weighted by Gasteiger charge is 2.08. The van der Waals surface area contributed by atoms with Gasteiger partial charge in [-0.1, -0.05) is 24.3 Å². The number of benzene rings is 1. The molecule has 1 aromatic carbocycles. The standard InChI is InChI=1S/C20H25N5S.HI/c1-3-22-20(24(2)12-10-18-8-6-14-26-18)23-15-17-7-4-5-9-19(17)25-13-11-21-16-25;/h4-9,11,13-14,16H,3,10,12,15H2,1-2H3,(H,22,23);1H. The van der Waals surface area contributed by atoms with Crippen molar-refractivity contribution in [1.29, 1.82) is 0 Å². The van der Waals surface area contributed by atoms with Crippen LogP contribution < -0.4 is 5.32 Å². The summed E-state index contributed by atoms with van der Waals surface area (Å²) >= 11 is 1.81. The van der Waals surface area contributed by atoms with Crippen molar-refractivity contribution in [2.45, 2.75) is 19.9 Å². The van der Waals surface area contributed by atoms with Gasteiger partial charge in [0.25, 0.3) is 0 Å². The average Bonchev–Trinajstić information content (AvgIpc) is 3.37. The maximum Gasteiger partial charge on any atom is 0.193 e. The van der Waals surface area contributed by atoms with Crippen molar-refractivity contribution in [3.05, 3.63) is 70.9 Å². The van der Waals surface area contributed by atoms with E-state index in [1.807, 2.05) is 23.2 Å². The summed E-state index contributed by atoms with van der Waals surface area (Å²) in [5.41, 5.74) is 2.29. The molecule has 0 saturated carbocycles. The molecule has 5 nitrogen and oxygen atoms in total. The number of thiophene rings is 1. The lowest BCUT2D eigenvalue weighted by Crippen LogP contribution is -2.39. The van der Waals surface area contributed by atoms with Crippen LogP contribution in [0.1, 0.15) is 17.4 Å². The molecule has 144 valence electrons. The number of hydrogen-bond donors (Lipinski definition) is 1. The summed E-state index contributed by atoms with van der Waals surface area (Å²) in [6.45, 7) is 4.52. The fraction of sp³-hybridized carbons (Fsp3) is 0.300. The van der Waals surface area contributed by atoms with Gasteiger partial charge in [-0.05, 0) is 36.4 Å². The zero-order valence-electron chi connectivity index (χ0n) is 15.7. The van der Waals surface area contributed by atoms with Crippen molar-refractivity contribution in [3.8, 4) is 5.69 Å². The van der Waals surface area contributed by atoms with Gasteiger partial charge in [-0.15, -0.1) is 35.3 Å². The van der Waals surface area contributed by atoms with Gasteiger partial charge in [0.05, 0.1) is 18.6 Å². The van der Waals surface area contributed by atoms with E-state index in [1.165, 1.54) is 10.4 Å². The average molecular weight is 495 g/mol. The third-order valence-electron chi connectivity index (χ3n) is 4.14. The lowest BCUT2D eigenvalue weighted by molar-refractivity contribution is 0.486. The minimum atomic E-state index is 0. The summed E-state index contributed by atoms with van der Waals surface area (Å²) in [5.74, 6) is 0.935. The van der Waals surface area contributed by atoms with Gasteiger partial charge in [-0.25, -0.2) is 9.98 Å². The predicted octanol–water partition coefficient (Wildman–Crippen LogP) is 4.19. The molecule has 7 heteroatoms. The Morgan fingerprint density at radius 1 is 1.26 bits per heavy atom. The van der Waals surface area contributed by atoms with Gasteiger partial charge in [0.15, 0.2) is 5.96 Å². The van der Waals surface area contributed by atoms with E-state index in [-0.39, 0.29) is 24.0 Å². The normalized spacial score (nSPS) is 11.1. The minimum Gasteiger partial charge on any atom is -0.357 e. The lowest BCUT2D eigenvalue weighted by atomic mass is 10.2. The summed E-state index contributed by atoms with van der Waals surface area (Å²) in [4.78, 5) is 12.6. The Bertz CT molecular complexity index is 815. The van der Waals surface area contributed by atoms with Crippen LogP contribution in [-0.4, -0.2) is 40.5 Å². The smallest absolute Gasteiger partial charge is 0.193 e. The Morgan fingerprint density at radius 3 is 2.81 bits per heavy atom. The first-order valence-corrected chi connectivity index (χ1v) is 9.74. The van der Waals surface area contributed by atoms with Gasteiger partial charge in [0.2, 0.25) is 0 Å².